The van der Waals surface area contributed by atoms with Crippen molar-refractivity contribution in [3.8, 4) is 0 Å². The highest BCUT2D eigenvalue weighted by molar-refractivity contribution is 9.12. The minimum atomic E-state index is -0.350. The van der Waals surface area contributed by atoms with Crippen LogP contribution < -0.4 is 10.5 Å². The van der Waals surface area contributed by atoms with Crippen molar-refractivity contribution in [2.75, 3.05) is 31.2 Å². The summed E-state index contributed by atoms with van der Waals surface area (Å²) in [7, 11) is 0. The maximum Gasteiger partial charge on any atom is 0.302 e. The zero-order valence-electron chi connectivity index (χ0n) is 23.9. The van der Waals surface area contributed by atoms with Crippen molar-refractivity contribution in [1.82, 2.24) is 9.97 Å². The Hall–Kier alpha value is -3.90. The average molecular weight is 713 g/mol. The molecule has 1 heterocycles. The minimum absolute atomic E-state index is 0.165. The second kappa shape index (κ2) is 15.0. The van der Waals surface area contributed by atoms with Crippen LogP contribution in [0.4, 0.5) is 17.1 Å². The summed E-state index contributed by atoms with van der Waals surface area (Å²) in [6, 6.07) is 20.6. The molecule has 0 saturated carbocycles. The van der Waals surface area contributed by atoms with Crippen LogP contribution in [0.1, 0.15) is 40.5 Å². The third-order valence-electron chi connectivity index (χ3n) is 6.51. The third kappa shape index (κ3) is 8.80. The lowest BCUT2D eigenvalue weighted by atomic mass is 10.1. The lowest BCUT2D eigenvalue weighted by Gasteiger charge is -2.25. The maximum atomic E-state index is 12.5. The molecule has 12 heteroatoms. The fourth-order valence-corrected chi connectivity index (χ4v) is 5.37. The van der Waals surface area contributed by atoms with Crippen LogP contribution in [0.5, 0.6) is 0 Å². The summed E-state index contributed by atoms with van der Waals surface area (Å²) in [6.07, 6.45) is 0. The number of esters is 2. The van der Waals surface area contributed by atoms with E-state index in [4.69, 9.17) is 9.47 Å². The molecule has 0 amide bonds. The van der Waals surface area contributed by atoms with Gasteiger partial charge in [0, 0.05) is 19.5 Å². The van der Waals surface area contributed by atoms with Crippen LogP contribution in [0.15, 0.2) is 81.8 Å². The number of nitrogens with zero attached hydrogens (tertiary/aromatic N) is 4. The summed E-state index contributed by atoms with van der Waals surface area (Å²) in [4.78, 5) is 43.9. The summed E-state index contributed by atoms with van der Waals surface area (Å²) in [5.41, 5.74) is 4.61. The van der Waals surface area contributed by atoms with Gasteiger partial charge in [-0.05, 0) is 60.5 Å². The van der Waals surface area contributed by atoms with Crippen molar-refractivity contribution in [3.63, 3.8) is 0 Å². The van der Waals surface area contributed by atoms with Gasteiger partial charge < -0.3 is 19.4 Å². The lowest BCUT2D eigenvalue weighted by Crippen LogP contribution is -2.31. The topological polar surface area (TPSA) is 126 Å². The van der Waals surface area contributed by atoms with Crippen molar-refractivity contribution in [2.24, 2.45) is 10.2 Å². The average Bonchev–Trinajstić information content (AvgIpc) is 2.99. The van der Waals surface area contributed by atoms with Gasteiger partial charge in [0.15, 0.2) is 0 Å². The number of azo groups is 1. The number of hydrogen-bond donors (Lipinski definition) is 1. The Bertz CT molecular complexity index is 1660. The molecule has 1 N–H and O–H groups in total. The first kappa shape index (κ1) is 32.0. The number of ether oxygens (including phenoxy) is 2. The van der Waals surface area contributed by atoms with Gasteiger partial charge in [-0.3, -0.25) is 14.4 Å². The van der Waals surface area contributed by atoms with Crippen LogP contribution in [0.3, 0.4) is 0 Å². The van der Waals surface area contributed by atoms with Crippen LogP contribution in [0.2, 0.25) is 0 Å². The van der Waals surface area contributed by atoms with Gasteiger partial charge in [0.25, 0.3) is 5.56 Å². The fraction of sp³-hybridized carbons (Fsp3) is 0.290. The second-order valence-corrected chi connectivity index (χ2v) is 11.7. The first-order valence-electron chi connectivity index (χ1n) is 13.5. The van der Waals surface area contributed by atoms with E-state index in [0.717, 1.165) is 16.8 Å². The molecule has 1 aromatic heterocycles. The summed E-state index contributed by atoms with van der Waals surface area (Å²) in [5, 5.41) is 9.40. The quantitative estimate of drug-likeness (QED) is 0.0939. The molecule has 4 aromatic rings. The van der Waals surface area contributed by atoms with E-state index in [2.05, 4.69) is 52.1 Å². The number of H-pyrrole nitrogens is 1. The normalized spacial score (nSPS) is 12.7. The first-order valence-corrected chi connectivity index (χ1v) is 15.4. The number of carbonyl (C=O) groups is 2. The van der Waals surface area contributed by atoms with E-state index in [1.165, 1.54) is 13.8 Å². The van der Waals surface area contributed by atoms with Crippen LogP contribution in [0, 0.1) is 6.92 Å². The Kier molecular flexibility index (Phi) is 11.2. The van der Waals surface area contributed by atoms with Gasteiger partial charge >= 0.3 is 11.9 Å². The minimum Gasteiger partial charge on any atom is -0.464 e. The molecule has 10 nitrogen and oxygen atoms in total. The number of nitrogens with one attached hydrogen (secondary N) is 1. The molecule has 0 fully saturated rings. The van der Waals surface area contributed by atoms with Crippen molar-refractivity contribution < 1.29 is 19.1 Å². The Morgan fingerprint density at radius 2 is 1.56 bits per heavy atom. The summed E-state index contributed by atoms with van der Waals surface area (Å²) in [5.74, 6) is -0.168. The molecule has 2 atom stereocenters. The number of benzene rings is 3. The van der Waals surface area contributed by atoms with E-state index < -0.39 is 0 Å². The number of fused-ring (bicyclic) bond motifs is 1. The zero-order valence-corrected chi connectivity index (χ0v) is 27.1. The number of aromatic nitrogens is 2. The van der Waals surface area contributed by atoms with Crippen molar-refractivity contribution in [1.29, 1.82) is 0 Å². The molecule has 2 unspecified atom stereocenters. The van der Waals surface area contributed by atoms with Crippen LogP contribution >= 0.6 is 31.9 Å². The summed E-state index contributed by atoms with van der Waals surface area (Å²) < 4.78 is 10.2. The molecule has 0 aliphatic rings. The molecule has 0 radical (unpaired) electrons. The highest BCUT2D eigenvalue weighted by Gasteiger charge is 2.23. The predicted octanol–water partition coefficient (Wildman–Crippen LogP) is 7.15. The van der Waals surface area contributed by atoms with Gasteiger partial charge in [-0.1, -0.05) is 56.1 Å². The van der Waals surface area contributed by atoms with E-state index in [0.29, 0.717) is 41.2 Å². The van der Waals surface area contributed by atoms with Crippen molar-refractivity contribution >= 4 is 71.8 Å². The van der Waals surface area contributed by atoms with Crippen molar-refractivity contribution in [3.05, 3.63) is 94.0 Å². The molecule has 0 saturated heterocycles. The van der Waals surface area contributed by atoms with E-state index in [1.54, 1.807) is 6.07 Å². The SMILES string of the molecule is CC(=O)OCCN(CCOC(C)=O)c1ccc(N=Nc2ccc(C(Br)C(Br)c3nc4ccccc4c(=O)[nH]3)cc2)c(C)c1. The Balaban J connectivity index is 1.43. The number of halogens is 2. The molecule has 0 bridgehead atoms. The number of aromatic amines is 1. The molecular weight excluding hydrogens is 682 g/mol. The monoisotopic (exact) mass is 711 g/mol. The maximum absolute atomic E-state index is 12.5. The Morgan fingerprint density at radius 1 is 0.907 bits per heavy atom. The molecule has 3 aromatic carbocycles. The number of hydrogen-bond acceptors (Lipinski definition) is 9. The third-order valence-corrected chi connectivity index (χ3v) is 9.24. The van der Waals surface area contributed by atoms with Crippen LogP contribution in [-0.4, -0.2) is 48.2 Å². The van der Waals surface area contributed by atoms with Gasteiger partial charge in [-0.25, -0.2) is 4.98 Å². The van der Waals surface area contributed by atoms with Gasteiger partial charge in [0.1, 0.15) is 19.0 Å². The molecule has 4 rings (SSSR count). The van der Waals surface area contributed by atoms with Gasteiger partial charge in [0.2, 0.25) is 0 Å². The van der Waals surface area contributed by atoms with Gasteiger partial charge in [-0.2, -0.15) is 10.2 Å². The van der Waals surface area contributed by atoms with E-state index >= 15 is 0 Å². The summed E-state index contributed by atoms with van der Waals surface area (Å²) >= 11 is 7.42. The largest absolute Gasteiger partial charge is 0.464 e. The van der Waals surface area contributed by atoms with E-state index in [1.807, 2.05) is 72.5 Å². The summed E-state index contributed by atoms with van der Waals surface area (Å²) in [6.45, 7) is 6.00. The molecular formula is C31H31Br2N5O5. The number of para-hydroxylation sites is 1. The van der Waals surface area contributed by atoms with Crippen LogP contribution in [-0.2, 0) is 19.1 Å². The number of alkyl halides is 2. The van der Waals surface area contributed by atoms with E-state index in [9.17, 15) is 14.4 Å². The first-order chi connectivity index (χ1) is 20.6. The molecule has 0 aliphatic carbocycles. The van der Waals surface area contributed by atoms with Crippen LogP contribution in [0.25, 0.3) is 10.9 Å². The lowest BCUT2D eigenvalue weighted by molar-refractivity contribution is -0.141. The highest BCUT2D eigenvalue weighted by Crippen LogP contribution is 2.41. The second-order valence-electron chi connectivity index (χ2n) is 9.70. The molecule has 0 spiro atoms. The smallest absolute Gasteiger partial charge is 0.302 e. The Labute approximate surface area is 265 Å². The number of anilines is 1. The number of aryl methyl sites for hydroxylation is 1. The molecule has 43 heavy (non-hydrogen) atoms. The van der Waals surface area contributed by atoms with E-state index in [-0.39, 0.29) is 40.4 Å². The molecule has 224 valence electrons. The Morgan fingerprint density at radius 3 is 2.19 bits per heavy atom. The van der Waals surface area contributed by atoms with Crippen molar-refractivity contribution in [2.45, 2.75) is 30.4 Å². The highest BCUT2D eigenvalue weighted by atomic mass is 79.9. The fourth-order valence-electron chi connectivity index (χ4n) is 4.30. The van der Waals surface area contributed by atoms with Gasteiger partial charge in [-0.15, -0.1) is 0 Å². The molecule has 0 aliphatic heterocycles. The number of rotatable bonds is 12. The predicted molar refractivity (Wildman–Crippen MR) is 173 cm³/mol. The number of carbonyl (C=O) groups excluding carboxylic acids is 2. The standard InChI is InChI=1S/C31H31Br2N5O5/c1-19-18-24(38(14-16-42-20(2)39)15-17-43-21(3)40)12-13-26(19)37-36-23-10-8-22(9-11-23)28(32)29(33)30-34-27-7-5-4-6-25(27)31(41)35-30/h4-13,18,28-29H,14-17H2,1-3H3,(H,34,35,41). The zero-order chi connectivity index (χ0) is 30.9. The van der Waals surface area contributed by atoms with Gasteiger partial charge in [0.05, 0.1) is 45.0 Å².